The van der Waals surface area contributed by atoms with Crippen LogP contribution in [0.3, 0.4) is 0 Å². The first-order chi connectivity index (χ1) is 12.5. The maximum Gasteiger partial charge on any atom is 0.344 e. The van der Waals surface area contributed by atoms with Crippen LogP contribution in [0.25, 0.3) is 10.9 Å². The molecule has 0 amide bonds. The highest BCUT2D eigenvalue weighted by atomic mass is 16.6. The van der Waals surface area contributed by atoms with Crippen LogP contribution in [-0.4, -0.2) is 22.6 Å². The molecule has 1 aromatic heterocycles. The van der Waals surface area contributed by atoms with E-state index in [0.29, 0.717) is 17.9 Å². The van der Waals surface area contributed by atoms with E-state index in [1.165, 1.54) is 45.3 Å². The summed E-state index contributed by atoms with van der Waals surface area (Å²) in [5.41, 5.74) is 0.759. The molecule has 0 saturated heterocycles. The van der Waals surface area contributed by atoms with Gasteiger partial charge in [0, 0.05) is 29.2 Å². The Morgan fingerprint density at radius 3 is 2.38 bits per heavy atom. The van der Waals surface area contributed by atoms with Gasteiger partial charge in [-0.3, -0.25) is 10.1 Å². The summed E-state index contributed by atoms with van der Waals surface area (Å²) in [5.74, 6) is 2.51. The van der Waals surface area contributed by atoms with Gasteiger partial charge < -0.3 is 9.30 Å². The summed E-state index contributed by atoms with van der Waals surface area (Å²) < 4.78 is 7.07. The molecule has 0 spiro atoms. The Bertz CT molecular complexity index is 888. The molecule has 0 unspecified atom stereocenters. The zero-order valence-corrected chi connectivity index (χ0v) is 14.8. The summed E-state index contributed by atoms with van der Waals surface area (Å²) in [6.07, 6.45) is 8.66. The number of rotatable bonds is 3. The first-order valence-electron chi connectivity index (χ1n) is 9.42. The van der Waals surface area contributed by atoms with Crippen LogP contribution >= 0.6 is 0 Å². The van der Waals surface area contributed by atoms with Gasteiger partial charge in [-0.1, -0.05) is 0 Å². The minimum Gasteiger partial charge on any atom is -0.465 e. The number of nitrogens with zero attached hydrogens (tertiary/aromatic N) is 2. The highest BCUT2D eigenvalue weighted by Crippen LogP contribution is 2.58. The van der Waals surface area contributed by atoms with Crippen LogP contribution in [0.4, 0.5) is 5.69 Å². The zero-order chi connectivity index (χ0) is 18.0. The Morgan fingerprint density at radius 1 is 1.15 bits per heavy atom. The molecule has 4 aliphatic carbocycles. The highest BCUT2D eigenvalue weighted by Gasteiger charge is 2.49. The number of carbonyl (C=O) groups excluding carboxylic acids is 1. The maximum absolute atomic E-state index is 12.1. The van der Waals surface area contributed by atoms with Crippen LogP contribution < -0.4 is 0 Å². The quantitative estimate of drug-likeness (QED) is 0.467. The number of aromatic nitrogens is 1. The molecule has 0 atom stereocenters. The van der Waals surface area contributed by atoms with E-state index in [1.54, 1.807) is 6.07 Å². The fraction of sp³-hybridized carbons (Fsp3) is 0.550. The van der Waals surface area contributed by atoms with Crippen molar-refractivity contribution in [3.05, 3.63) is 40.1 Å². The van der Waals surface area contributed by atoms with E-state index in [4.69, 9.17) is 4.74 Å². The average molecular weight is 354 g/mol. The number of benzene rings is 1. The van der Waals surface area contributed by atoms with Crippen molar-refractivity contribution in [2.75, 3.05) is 7.11 Å². The second-order valence-corrected chi connectivity index (χ2v) is 8.32. The number of esters is 1. The summed E-state index contributed by atoms with van der Waals surface area (Å²) in [4.78, 5) is 23.0. The summed E-state index contributed by atoms with van der Waals surface area (Å²) >= 11 is 0. The van der Waals surface area contributed by atoms with Crippen molar-refractivity contribution in [1.29, 1.82) is 0 Å². The van der Waals surface area contributed by atoms with Crippen molar-refractivity contribution in [3.8, 4) is 0 Å². The number of methoxy groups -OCH3 is 1. The van der Waals surface area contributed by atoms with Gasteiger partial charge >= 0.3 is 5.97 Å². The molecule has 0 radical (unpaired) electrons. The zero-order valence-electron chi connectivity index (χ0n) is 14.8. The molecule has 26 heavy (non-hydrogen) atoms. The third kappa shape index (κ3) is 2.20. The molecule has 4 fully saturated rings. The van der Waals surface area contributed by atoms with Crippen LogP contribution in [0.15, 0.2) is 24.4 Å². The molecule has 6 rings (SSSR count). The largest absolute Gasteiger partial charge is 0.465 e. The molecular formula is C20H22N2O4. The second kappa shape index (κ2) is 5.56. The van der Waals surface area contributed by atoms with Gasteiger partial charge in [-0.25, -0.2) is 4.79 Å². The standard InChI is InChI=1S/C20H22N2O4/c1-26-20(23)16-10-17-13(9-18(16)22(24)25)2-3-21(17)19-14-5-11-4-12(7-14)8-15(19)6-11/h2-3,9-12,14-15,19H,4-8H2,1H3. The molecule has 6 nitrogen and oxygen atoms in total. The Balaban J connectivity index is 1.63. The monoisotopic (exact) mass is 354 g/mol. The Labute approximate surface area is 151 Å². The van der Waals surface area contributed by atoms with E-state index in [2.05, 4.69) is 10.8 Å². The van der Waals surface area contributed by atoms with E-state index in [0.717, 1.165) is 22.7 Å². The predicted octanol–water partition coefficient (Wildman–Crippen LogP) is 4.33. The minimum absolute atomic E-state index is 0.0359. The van der Waals surface area contributed by atoms with Gasteiger partial charge in [-0.2, -0.15) is 0 Å². The third-order valence-corrected chi connectivity index (χ3v) is 6.94. The molecule has 0 N–H and O–H groups in total. The fourth-order valence-electron chi connectivity index (χ4n) is 6.23. The van der Waals surface area contributed by atoms with Gasteiger partial charge in [0.15, 0.2) is 0 Å². The highest BCUT2D eigenvalue weighted by molar-refractivity contribution is 5.99. The van der Waals surface area contributed by atoms with Gasteiger partial charge in [0.05, 0.1) is 12.0 Å². The number of nitro groups is 1. The molecule has 4 bridgehead atoms. The first-order valence-corrected chi connectivity index (χ1v) is 9.42. The molecule has 1 aromatic carbocycles. The van der Waals surface area contributed by atoms with Gasteiger partial charge in [-0.15, -0.1) is 0 Å². The van der Waals surface area contributed by atoms with Crippen molar-refractivity contribution in [3.63, 3.8) is 0 Å². The number of carbonyl (C=O) groups is 1. The summed E-state index contributed by atoms with van der Waals surface area (Å²) in [5, 5.41) is 12.2. The Kier molecular flexibility index (Phi) is 3.39. The van der Waals surface area contributed by atoms with Crippen LogP contribution in [0, 0.1) is 33.8 Å². The number of fused-ring (bicyclic) bond motifs is 1. The van der Waals surface area contributed by atoms with Crippen molar-refractivity contribution in [1.82, 2.24) is 4.57 Å². The van der Waals surface area contributed by atoms with E-state index < -0.39 is 10.9 Å². The van der Waals surface area contributed by atoms with E-state index in [9.17, 15) is 14.9 Å². The fourth-order valence-corrected chi connectivity index (χ4v) is 6.23. The lowest BCUT2D eigenvalue weighted by Gasteiger charge is -2.54. The predicted molar refractivity (Wildman–Crippen MR) is 96.0 cm³/mol. The Hall–Kier alpha value is -2.37. The van der Waals surface area contributed by atoms with E-state index in [1.807, 2.05) is 6.07 Å². The van der Waals surface area contributed by atoms with Crippen LogP contribution in [0.5, 0.6) is 0 Å². The summed E-state index contributed by atoms with van der Waals surface area (Å²) in [6.45, 7) is 0. The van der Waals surface area contributed by atoms with E-state index >= 15 is 0 Å². The topological polar surface area (TPSA) is 74.4 Å². The SMILES string of the molecule is COC(=O)c1cc2c(ccn2C2C3CC4CC(C3)CC2C4)cc1[N+](=O)[O-]. The molecule has 136 valence electrons. The maximum atomic E-state index is 12.1. The van der Waals surface area contributed by atoms with Crippen LogP contribution in [0.2, 0.25) is 0 Å². The summed E-state index contributed by atoms with van der Waals surface area (Å²) in [6, 6.07) is 5.56. The first kappa shape index (κ1) is 15.9. The molecule has 6 heteroatoms. The third-order valence-electron chi connectivity index (χ3n) is 6.94. The van der Waals surface area contributed by atoms with Crippen molar-refractivity contribution < 1.29 is 14.5 Å². The van der Waals surface area contributed by atoms with Gasteiger partial charge in [0.1, 0.15) is 5.56 Å². The van der Waals surface area contributed by atoms with Crippen LogP contribution in [0.1, 0.15) is 48.5 Å². The molecule has 1 heterocycles. The number of hydrogen-bond donors (Lipinski definition) is 0. The molecule has 0 aliphatic heterocycles. The van der Waals surface area contributed by atoms with Crippen molar-refractivity contribution in [2.45, 2.75) is 38.1 Å². The number of nitro benzene ring substituents is 1. The van der Waals surface area contributed by atoms with Crippen molar-refractivity contribution in [2.24, 2.45) is 23.7 Å². The molecule has 4 aliphatic rings. The Morgan fingerprint density at radius 2 is 1.81 bits per heavy atom. The lowest BCUT2D eigenvalue weighted by Crippen LogP contribution is -2.45. The average Bonchev–Trinajstić information content (AvgIpc) is 3.02. The van der Waals surface area contributed by atoms with E-state index in [-0.39, 0.29) is 11.3 Å². The smallest absolute Gasteiger partial charge is 0.344 e. The van der Waals surface area contributed by atoms with Gasteiger partial charge in [0.2, 0.25) is 0 Å². The van der Waals surface area contributed by atoms with Crippen molar-refractivity contribution >= 4 is 22.6 Å². The number of ether oxygens (including phenoxy) is 1. The van der Waals surface area contributed by atoms with Crippen LogP contribution in [-0.2, 0) is 4.74 Å². The molecule has 4 saturated carbocycles. The minimum atomic E-state index is -0.656. The normalized spacial score (nSPS) is 32.1. The second-order valence-electron chi connectivity index (χ2n) is 8.32. The molecule has 2 aromatic rings. The lowest BCUT2D eigenvalue weighted by molar-refractivity contribution is -0.385. The summed E-state index contributed by atoms with van der Waals surface area (Å²) in [7, 11) is 1.26. The van der Waals surface area contributed by atoms with Gasteiger partial charge in [-0.05, 0) is 67.9 Å². The van der Waals surface area contributed by atoms with Gasteiger partial charge in [0.25, 0.3) is 5.69 Å². The lowest BCUT2D eigenvalue weighted by atomic mass is 9.54. The number of hydrogen-bond acceptors (Lipinski definition) is 4. The molecular weight excluding hydrogens is 332 g/mol.